The number of aliphatic imine (C=N–C) groups is 1. The van der Waals surface area contributed by atoms with Crippen molar-refractivity contribution < 1.29 is 0 Å². The first-order chi connectivity index (χ1) is 9.27. The maximum Gasteiger partial charge on any atom is 0.191 e. The van der Waals surface area contributed by atoms with Gasteiger partial charge in [0, 0.05) is 13.1 Å². The zero-order valence-electron chi connectivity index (χ0n) is 12.6. The summed E-state index contributed by atoms with van der Waals surface area (Å²) in [6, 6.07) is 8.39. The Labute approximate surface area is 144 Å². The summed E-state index contributed by atoms with van der Waals surface area (Å²) in [6.45, 7) is 6.81. The van der Waals surface area contributed by atoms with E-state index >= 15 is 0 Å². The van der Waals surface area contributed by atoms with Gasteiger partial charge in [-0.2, -0.15) is 11.8 Å². The summed E-state index contributed by atoms with van der Waals surface area (Å²) in [7, 11) is 0. The Morgan fingerprint density at radius 1 is 1.25 bits per heavy atom. The van der Waals surface area contributed by atoms with Crippen LogP contribution in [0.1, 0.15) is 24.5 Å². The molecule has 0 fully saturated rings. The molecular formula is C15H26IN3S. The highest BCUT2D eigenvalue weighted by Crippen LogP contribution is 2.07. The van der Waals surface area contributed by atoms with Crippen LogP contribution in [0.2, 0.25) is 0 Å². The van der Waals surface area contributed by atoms with Gasteiger partial charge in [-0.25, -0.2) is 4.99 Å². The van der Waals surface area contributed by atoms with Crippen molar-refractivity contribution in [3.8, 4) is 0 Å². The Bertz CT molecular complexity index is 396. The van der Waals surface area contributed by atoms with Crippen LogP contribution >= 0.6 is 35.7 Å². The molecule has 114 valence electrons. The Balaban J connectivity index is 0.00000361. The van der Waals surface area contributed by atoms with Crippen LogP contribution in [0.25, 0.3) is 0 Å². The molecule has 0 amide bonds. The van der Waals surface area contributed by atoms with Gasteiger partial charge >= 0.3 is 0 Å². The van der Waals surface area contributed by atoms with Crippen LogP contribution in [0.15, 0.2) is 29.3 Å². The SMILES string of the molecule is CCNC(=NCc1ccccc1C)NCCCSC.I. The van der Waals surface area contributed by atoms with Gasteiger partial charge in [0.1, 0.15) is 0 Å². The van der Waals surface area contributed by atoms with Crippen molar-refractivity contribution in [1.29, 1.82) is 0 Å². The molecule has 0 aliphatic rings. The summed E-state index contributed by atoms with van der Waals surface area (Å²) in [4.78, 5) is 4.63. The van der Waals surface area contributed by atoms with Crippen molar-refractivity contribution in [1.82, 2.24) is 10.6 Å². The summed E-state index contributed by atoms with van der Waals surface area (Å²) in [5, 5.41) is 6.65. The number of hydrogen-bond donors (Lipinski definition) is 2. The van der Waals surface area contributed by atoms with E-state index in [-0.39, 0.29) is 24.0 Å². The van der Waals surface area contributed by atoms with Gasteiger partial charge in [0.15, 0.2) is 5.96 Å². The molecule has 1 rings (SSSR count). The van der Waals surface area contributed by atoms with Crippen LogP contribution in [-0.4, -0.2) is 31.1 Å². The third kappa shape index (κ3) is 7.99. The minimum atomic E-state index is 0. The number of nitrogens with zero attached hydrogens (tertiary/aromatic N) is 1. The van der Waals surface area contributed by atoms with Crippen LogP contribution in [0.5, 0.6) is 0 Å². The zero-order chi connectivity index (χ0) is 13.9. The van der Waals surface area contributed by atoms with Crippen molar-refractivity contribution >= 4 is 41.7 Å². The number of benzene rings is 1. The fourth-order valence-electron chi connectivity index (χ4n) is 1.72. The Morgan fingerprint density at radius 3 is 2.65 bits per heavy atom. The van der Waals surface area contributed by atoms with E-state index in [9.17, 15) is 0 Å². The number of nitrogens with one attached hydrogen (secondary N) is 2. The smallest absolute Gasteiger partial charge is 0.191 e. The number of halogens is 1. The summed E-state index contributed by atoms with van der Waals surface area (Å²) >= 11 is 1.88. The number of hydrogen-bond acceptors (Lipinski definition) is 2. The number of rotatable bonds is 7. The maximum atomic E-state index is 4.63. The lowest BCUT2D eigenvalue weighted by Gasteiger charge is -2.11. The summed E-state index contributed by atoms with van der Waals surface area (Å²) in [6.07, 6.45) is 3.30. The molecule has 0 atom stereocenters. The monoisotopic (exact) mass is 407 g/mol. The minimum Gasteiger partial charge on any atom is -0.357 e. The molecule has 0 unspecified atom stereocenters. The predicted octanol–water partition coefficient (Wildman–Crippen LogP) is 3.42. The van der Waals surface area contributed by atoms with Crippen molar-refractivity contribution in [3.63, 3.8) is 0 Å². The Hall–Kier alpha value is -0.430. The molecule has 0 saturated carbocycles. The highest BCUT2D eigenvalue weighted by molar-refractivity contribution is 14.0. The molecule has 0 bridgehead atoms. The van der Waals surface area contributed by atoms with Gasteiger partial charge in [0.05, 0.1) is 6.54 Å². The lowest BCUT2D eigenvalue weighted by Crippen LogP contribution is -2.37. The average molecular weight is 407 g/mol. The molecule has 0 aliphatic carbocycles. The van der Waals surface area contributed by atoms with Gasteiger partial charge < -0.3 is 10.6 Å². The highest BCUT2D eigenvalue weighted by Gasteiger charge is 1.99. The van der Waals surface area contributed by atoms with E-state index in [0.29, 0.717) is 0 Å². The fraction of sp³-hybridized carbons (Fsp3) is 0.533. The van der Waals surface area contributed by atoms with Crippen LogP contribution in [0.4, 0.5) is 0 Å². The van der Waals surface area contributed by atoms with E-state index in [1.165, 1.54) is 16.9 Å². The molecule has 3 nitrogen and oxygen atoms in total. The first kappa shape index (κ1) is 19.6. The van der Waals surface area contributed by atoms with Crippen LogP contribution < -0.4 is 10.6 Å². The first-order valence-corrected chi connectivity index (χ1v) is 8.23. The summed E-state index contributed by atoms with van der Waals surface area (Å²) < 4.78 is 0. The van der Waals surface area contributed by atoms with Gasteiger partial charge in [0.25, 0.3) is 0 Å². The third-order valence-electron chi connectivity index (χ3n) is 2.83. The van der Waals surface area contributed by atoms with E-state index in [4.69, 9.17) is 0 Å². The van der Waals surface area contributed by atoms with Crippen molar-refractivity contribution in [2.24, 2.45) is 4.99 Å². The first-order valence-electron chi connectivity index (χ1n) is 6.83. The Morgan fingerprint density at radius 2 is 2.00 bits per heavy atom. The lowest BCUT2D eigenvalue weighted by molar-refractivity contribution is 0.789. The van der Waals surface area contributed by atoms with Gasteiger partial charge in [-0.3, -0.25) is 0 Å². The second kappa shape index (κ2) is 12.3. The molecule has 1 aromatic rings. The summed E-state index contributed by atoms with van der Waals surface area (Å²) in [5.41, 5.74) is 2.58. The van der Waals surface area contributed by atoms with Crippen molar-refractivity contribution in [2.75, 3.05) is 25.1 Å². The number of guanidine groups is 1. The number of thioether (sulfide) groups is 1. The molecule has 0 radical (unpaired) electrons. The lowest BCUT2D eigenvalue weighted by atomic mass is 10.1. The summed E-state index contributed by atoms with van der Waals surface area (Å²) in [5.74, 6) is 2.09. The molecular weight excluding hydrogens is 381 g/mol. The molecule has 2 N–H and O–H groups in total. The van der Waals surface area contributed by atoms with E-state index in [2.05, 4.69) is 60.0 Å². The fourth-order valence-corrected chi connectivity index (χ4v) is 2.15. The van der Waals surface area contributed by atoms with Crippen LogP contribution in [0, 0.1) is 6.92 Å². The van der Waals surface area contributed by atoms with Gasteiger partial charge in [-0.05, 0) is 43.4 Å². The second-order valence-corrected chi connectivity index (χ2v) is 5.38. The standard InChI is InChI=1S/C15H25N3S.HI/c1-4-16-15(17-10-7-11-19-3)18-12-14-9-6-5-8-13(14)2;/h5-6,8-9H,4,7,10-12H2,1-3H3,(H2,16,17,18);1H. The molecule has 5 heteroatoms. The van der Waals surface area contributed by atoms with E-state index in [0.717, 1.165) is 32.0 Å². The predicted molar refractivity (Wildman–Crippen MR) is 102 cm³/mol. The molecule has 0 saturated heterocycles. The normalized spacial score (nSPS) is 10.8. The molecule has 0 heterocycles. The second-order valence-electron chi connectivity index (χ2n) is 4.39. The molecule has 1 aromatic carbocycles. The molecule has 20 heavy (non-hydrogen) atoms. The van der Waals surface area contributed by atoms with E-state index in [1.54, 1.807) is 0 Å². The maximum absolute atomic E-state index is 4.63. The highest BCUT2D eigenvalue weighted by atomic mass is 127. The van der Waals surface area contributed by atoms with Gasteiger partial charge in [0.2, 0.25) is 0 Å². The zero-order valence-corrected chi connectivity index (χ0v) is 15.8. The molecule has 0 spiro atoms. The van der Waals surface area contributed by atoms with E-state index < -0.39 is 0 Å². The number of aryl methyl sites for hydroxylation is 1. The topological polar surface area (TPSA) is 36.4 Å². The van der Waals surface area contributed by atoms with Gasteiger partial charge in [-0.1, -0.05) is 24.3 Å². The Kier molecular flexibility index (Phi) is 12.1. The van der Waals surface area contributed by atoms with Crippen LogP contribution in [-0.2, 0) is 6.54 Å². The quantitative estimate of drug-likeness (QED) is 0.315. The molecule has 0 aliphatic heterocycles. The minimum absolute atomic E-state index is 0. The van der Waals surface area contributed by atoms with Crippen molar-refractivity contribution in [3.05, 3.63) is 35.4 Å². The van der Waals surface area contributed by atoms with Crippen LogP contribution in [0.3, 0.4) is 0 Å². The largest absolute Gasteiger partial charge is 0.357 e. The third-order valence-corrected chi connectivity index (χ3v) is 3.53. The van der Waals surface area contributed by atoms with Crippen molar-refractivity contribution in [2.45, 2.75) is 26.8 Å². The average Bonchev–Trinajstić information content (AvgIpc) is 2.42. The molecule has 0 aromatic heterocycles. The van der Waals surface area contributed by atoms with Gasteiger partial charge in [-0.15, -0.1) is 24.0 Å². The van der Waals surface area contributed by atoms with E-state index in [1.807, 2.05) is 11.8 Å².